The lowest BCUT2D eigenvalue weighted by molar-refractivity contribution is 0.225. The molecule has 3 nitrogen and oxygen atoms in total. The first-order valence-corrected chi connectivity index (χ1v) is 9.51. The van der Waals surface area contributed by atoms with Crippen molar-refractivity contribution < 1.29 is 15.3 Å². The van der Waals surface area contributed by atoms with Gasteiger partial charge in [0, 0.05) is 39.8 Å². The lowest BCUT2D eigenvalue weighted by atomic mass is 10.5. The molecule has 0 bridgehead atoms. The van der Waals surface area contributed by atoms with Crippen molar-refractivity contribution in [1.29, 1.82) is 0 Å². The molecule has 0 aromatic rings. The molecular formula is C10H22O3S4. The van der Waals surface area contributed by atoms with Crippen molar-refractivity contribution in [1.82, 2.24) is 0 Å². The number of hydrogen-bond donors (Lipinski definition) is 4. The molecule has 0 heterocycles. The van der Waals surface area contributed by atoms with Gasteiger partial charge in [0.2, 0.25) is 0 Å². The Balaban J connectivity index is 3.45. The minimum Gasteiger partial charge on any atom is -0.396 e. The monoisotopic (exact) mass is 318 g/mol. The van der Waals surface area contributed by atoms with Crippen LogP contribution >= 0.6 is 47.9 Å². The number of thioether (sulfide) groups is 3. The average molecular weight is 319 g/mol. The number of thiol groups is 1. The predicted octanol–water partition coefficient (Wildman–Crippen LogP) is 0.830. The van der Waals surface area contributed by atoms with Crippen molar-refractivity contribution >= 4 is 47.9 Å². The quantitative estimate of drug-likeness (QED) is 0.316. The van der Waals surface area contributed by atoms with Gasteiger partial charge in [0.25, 0.3) is 0 Å². The smallest absolute Gasteiger partial charge is 0.0720 e. The maximum absolute atomic E-state index is 9.65. The number of rotatable bonds is 12. The zero-order chi connectivity index (χ0) is 12.9. The van der Waals surface area contributed by atoms with Crippen LogP contribution in [0.5, 0.6) is 0 Å². The van der Waals surface area contributed by atoms with Gasteiger partial charge in [0.05, 0.1) is 19.3 Å². The molecule has 0 aromatic carbocycles. The zero-order valence-electron chi connectivity index (χ0n) is 9.83. The van der Waals surface area contributed by atoms with Crippen LogP contribution in [0, 0.1) is 0 Å². The summed E-state index contributed by atoms with van der Waals surface area (Å²) < 4.78 is 0. The molecule has 0 aliphatic heterocycles. The second-order valence-corrected chi connectivity index (χ2v) is 7.39. The Labute approximate surface area is 122 Å². The minimum absolute atomic E-state index is 0.171. The van der Waals surface area contributed by atoms with E-state index in [1.165, 1.54) is 0 Å². The Bertz CT molecular complexity index is 162. The van der Waals surface area contributed by atoms with Crippen molar-refractivity contribution in [2.75, 3.05) is 47.7 Å². The number of aliphatic hydroxyl groups is 3. The molecule has 104 valence electrons. The van der Waals surface area contributed by atoms with E-state index >= 15 is 0 Å². The van der Waals surface area contributed by atoms with E-state index < -0.39 is 0 Å². The molecule has 0 aliphatic carbocycles. The Morgan fingerprint density at radius 2 is 1.59 bits per heavy atom. The summed E-state index contributed by atoms with van der Waals surface area (Å²) in [5.41, 5.74) is 0. The highest BCUT2D eigenvalue weighted by Crippen LogP contribution is 2.18. The first-order chi connectivity index (χ1) is 8.24. The molecule has 7 heteroatoms. The van der Waals surface area contributed by atoms with Crippen LogP contribution in [-0.2, 0) is 0 Å². The van der Waals surface area contributed by atoms with Gasteiger partial charge in [-0.3, -0.25) is 0 Å². The van der Waals surface area contributed by atoms with Crippen molar-refractivity contribution in [2.45, 2.75) is 11.4 Å². The fourth-order valence-corrected chi connectivity index (χ4v) is 4.62. The summed E-state index contributed by atoms with van der Waals surface area (Å²) in [4.78, 5) is 0. The fourth-order valence-electron chi connectivity index (χ4n) is 1.04. The summed E-state index contributed by atoms with van der Waals surface area (Å²) in [7, 11) is 0. The molecule has 0 radical (unpaired) electrons. The molecule has 0 saturated carbocycles. The van der Waals surface area contributed by atoms with Gasteiger partial charge in [-0.2, -0.15) is 47.9 Å². The summed E-state index contributed by atoms with van der Waals surface area (Å²) in [6.07, 6.45) is -0.306. The second kappa shape index (κ2) is 13.7. The summed E-state index contributed by atoms with van der Waals surface area (Å²) in [6.45, 7) is 0.379. The Morgan fingerprint density at radius 3 is 2.18 bits per heavy atom. The highest BCUT2D eigenvalue weighted by Gasteiger charge is 2.09. The lowest BCUT2D eigenvalue weighted by Gasteiger charge is -2.14. The van der Waals surface area contributed by atoms with Crippen LogP contribution in [0.15, 0.2) is 0 Å². The molecule has 0 rings (SSSR count). The van der Waals surface area contributed by atoms with E-state index in [0.29, 0.717) is 16.8 Å². The van der Waals surface area contributed by atoms with E-state index in [4.69, 9.17) is 10.2 Å². The van der Waals surface area contributed by atoms with E-state index in [9.17, 15) is 5.11 Å². The molecule has 2 unspecified atom stereocenters. The topological polar surface area (TPSA) is 60.7 Å². The standard InChI is InChI=1S/C10H22O3S4/c11-1-3-15-6-9(13)7-16-8-10(5-14)17-4-2-12/h9-14H,1-8H2. The summed E-state index contributed by atoms with van der Waals surface area (Å²) in [5, 5.41) is 27.4. The maximum atomic E-state index is 9.65. The first kappa shape index (κ1) is 18.3. The zero-order valence-corrected chi connectivity index (χ0v) is 13.2. The number of aliphatic hydroxyl groups excluding tert-OH is 3. The highest BCUT2D eigenvalue weighted by atomic mass is 32.2. The van der Waals surface area contributed by atoms with Gasteiger partial charge in [0.1, 0.15) is 0 Å². The third kappa shape index (κ3) is 12.1. The largest absolute Gasteiger partial charge is 0.396 e. The van der Waals surface area contributed by atoms with E-state index in [2.05, 4.69) is 12.6 Å². The van der Waals surface area contributed by atoms with E-state index in [1.54, 1.807) is 35.3 Å². The predicted molar refractivity (Wildman–Crippen MR) is 84.9 cm³/mol. The van der Waals surface area contributed by atoms with E-state index in [-0.39, 0.29) is 19.3 Å². The Kier molecular flexibility index (Phi) is 14.7. The summed E-state index contributed by atoms with van der Waals surface area (Å²) >= 11 is 9.30. The van der Waals surface area contributed by atoms with Gasteiger partial charge < -0.3 is 15.3 Å². The van der Waals surface area contributed by atoms with Crippen LogP contribution in [0.4, 0.5) is 0 Å². The molecule has 0 spiro atoms. The number of hydrogen-bond acceptors (Lipinski definition) is 7. The normalized spacial score (nSPS) is 14.8. The van der Waals surface area contributed by atoms with Crippen LogP contribution in [0.25, 0.3) is 0 Å². The van der Waals surface area contributed by atoms with Crippen LogP contribution in [0.2, 0.25) is 0 Å². The van der Waals surface area contributed by atoms with Crippen molar-refractivity contribution in [3.63, 3.8) is 0 Å². The third-order valence-electron chi connectivity index (χ3n) is 1.81. The van der Waals surface area contributed by atoms with Gasteiger partial charge in [-0.1, -0.05) is 0 Å². The Hall–Kier alpha value is 1.28. The van der Waals surface area contributed by atoms with Gasteiger partial charge in [-0.05, 0) is 0 Å². The van der Waals surface area contributed by atoms with Crippen molar-refractivity contribution in [3.8, 4) is 0 Å². The lowest BCUT2D eigenvalue weighted by Crippen LogP contribution is -2.17. The van der Waals surface area contributed by atoms with Gasteiger partial charge in [0.15, 0.2) is 0 Å². The van der Waals surface area contributed by atoms with E-state index in [1.807, 2.05) is 0 Å². The Morgan fingerprint density at radius 1 is 0.941 bits per heavy atom. The van der Waals surface area contributed by atoms with Crippen molar-refractivity contribution in [3.05, 3.63) is 0 Å². The highest BCUT2D eigenvalue weighted by molar-refractivity contribution is 8.04. The minimum atomic E-state index is -0.306. The first-order valence-electron chi connectivity index (χ1n) is 5.52. The molecule has 0 saturated heterocycles. The molecule has 17 heavy (non-hydrogen) atoms. The van der Waals surface area contributed by atoms with E-state index in [0.717, 1.165) is 23.0 Å². The molecule has 0 aromatic heterocycles. The maximum Gasteiger partial charge on any atom is 0.0720 e. The molecule has 0 amide bonds. The molecule has 3 N–H and O–H groups in total. The van der Waals surface area contributed by atoms with Gasteiger partial charge in [-0.15, -0.1) is 0 Å². The van der Waals surface area contributed by atoms with Crippen molar-refractivity contribution in [2.24, 2.45) is 0 Å². The van der Waals surface area contributed by atoms with Crippen LogP contribution in [0.1, 0.15) is 0 Å². The van der Waals surface area contributed by atoms with Gasteiger partial charge >= 0.3 is 0 Å². The molecule has 2 atom stereocenters. The molecular weight excluding hydrogens is 296 g/mol. The molecule has 0 aliphatic rings. The molecule has 0 fully saturated rings. The average Bonchev–Trinajstić information content (AvgIpc) is 2.34. The SMILES string of the molecule is OCCSCC(O)CSCC(CS)SCCO. The van der Waals surface area contributed by atoms with Crippen LogP contribution in [0.3, 0.4) is 0 Å². The second-order valence-electron chi connectivity index (χ2n) is 3.39. The summed E-state index contributed by atoms with van der Waals surface area (Å²) in [5.74, 6) is 4.60. The van der Waals surface area contributed by atoms with Crippen LogP contribution in [-0.4, -0.2) is 74.4 Å². The van der Waals surface area contributed by atoms with Gasteiger partial charge in [-0.25, -0.2) is 0 Å². The van der Waals surface area contributed by atoms with Crippen LogP contribution < -0.4 is 0 Å². The third-order valence-corrected chi connectivity index (χ3v) is 6.28. The fraction of sp³-hybridized carbons (Fsp3) is 1.00. The summed E-state index contributed by atoms with van der Waals surface area (Å²) in [6, 6.07) is 0.